The molecule has 0 unspecified atom stereocenters. The second-order valence-electron chi connectivity index (χ2n) is 3.93. The van der Waals surface area contributed by atoms with Gasteiger partial charge < -0.3 is 0 Å². The van der Waals surface area contributed by atoms with Crippen LogP contribution in [-0.4, -0.2) is 9.78 Å². The van der Waals surface area contributed by atoms with Crippen molar-refractivity contribution >= 4 is 0 Å². The Morgan fingerprint density at radius 3 is 2.78 bits per heavy atom. The van der Waals surface area contributed by atoms with E-state index in [1.54, 1.807) is 10.9 Å². The lowest BCUT2D eigenvalue weighted by Crippen LogP contribution is -1.96. The molecule has 0 bridgehead atoms. The summed E-state index contributed by atoms with van der Waals surface area (Å²) < 4.78 is 29.1. The minimum absolute atomic E-state index is 0.0720. The summed E-state index contributed by atoms with van der Waals surface area (Å²) >= 11 is 0. The molecule has 1 heterocycles. The highest BCUT2D eigenvalue weighted by molar-refractivity contribution is 5.64. The largest absolute Gasteiger partial charge is 0.272 e. The summed E-state index contributed by atoms with van der Waals surface area (Å²) in [5.41, 5.74) is 0.648. The minimum Gasteiger partial charge on any atom is -0.272 e. The molecular formula is C14H12F2N2. The highest BCUT2D eigenvalue weighted by Crippen LogP contribution is 2.25. The van der Waals surface area contributed by atoms with Gasteiger partial charge in [-0.15, -0.1) is 6.42 Å². The van der Waals surface area contributed by atoms with Gasteiger partial charge in [0, 0.05) is 23.9 Å². The van der Waals surface area contributed by atoms with Crippen molar-refractivity contribution in [2.45, 2.75) is 19.9 Å². The lowest BCUT2D eigenvalue weighted by molar-refractivity contribution is 0.509. The minimum atomic E-state index is -0.988. The van der Waals surface area contributed by atoms with Gasteiger partial charge in [-0.05, 0) is 18.6 Å². The summed E-state index contributed by atoms with van der Waals surface area (Å²) in [5.74, 6) is 0.188. The lowest BCUT2D eigenvalue weighted by Gasteiger charge is -2.03. The molecule has 0 aliphatic rings. The molecular weight excluding hydrogens is 234 g/mol. The fourth-order valence-electron chi connectivity index (χ4n) is 1.74. The first-order valence-electron chi connectivity index (χ1n) is 5.64. The quantitative estimate of drug-likeness (QED) is 0.760. The Morgan fingerprint density at radius 1 is 1.33 bits per heavy atom. The molecule has 2 rings (SSSR count). The molecule has 0 fully saturated rings. The number of rotatable bonds is 3. The van der Waals surface area contributed by atoms with Crippen LogP contribution in [0.3, 0.4) is 0 Å². The number of nitrogens with zero attached hydrogens (tertiary/aromatic N) is 2. The van der Waals surface area contributed by atoms with Gasteiger partial charge in [0.2, 0.25) is 0 Å². The Morgan fingerprint density at radius 2 is 2.11 bits per heavy atom. The molecule has 18 heavy (non-hydrogen) atoms. The SMILES string of the molecule is C#Cc1ccc(-c2cnn(CCC)c2)c(F)c1F. The number of aromatic nitrogens is 2. The van der Waals surface area contributed by atoms with Crippen molar-refractivity contribution in [1.29, 1.82) is 0 Å². The summed E-state index contributed by atoms with van der Waals surface area (Å²) in [5, 5.41) is 4.08. The van der Waals surface area contributed by atoms with E-state index in [1.807, 2.05) is 6.92 Å². The summed E-state index contributed by atoms with van der Waals surface area (Å²) in [6.07, 6.45) is 9.21. The summed E-state index contributed by atoms with van der Waals surface area (Å²) in [7, 11) is 0. The maximum absolute atomic E-state index is 13.8. The van der Waals surface area contributed by atoms with E-state index in [-0.39, 0.29) is 11.1 Å². The van der Waals surface area contributed by atoms with Gasteiger partial charge in [0.25, 0.3) is 0 Å². The van der Waals surface area contributed by atoms with Crippen LogP contribution >= 0.6 is 0 Å². The van der Waals surface area contributed by atoms with Crippen molar-refractivity contribution in [1.82, 2.24) is 9.78 Å². The van der Waals surface area contributed by atoms with E-state index in [0.29, 0.717) is 5.56 Å². The third kappa shape index (κ3) is 2.12. The normalized spacial score (nSPS) is 10.3. The van der Waals surface area contributed by atoms with Gasteiger partial charge in [0.05, 0.1) is 11.8 Å². The molecule has 0 atom stereocenters. The van der Waals surface area contributed by atoms with Gasteiger partial charge in [-0.3, -0.25) is 4.68 Å². The molecule has 0 radical (unpaired) electrons. The van der Waals surface area contributed by atoms with Crippen LogP contribution < -0.4 is 0 Å². The fraction of sp³-hybridized carbons (Fsp3) is 0.214. The maximum atomic E-state index is 13.8. The predicted molar refractivity (Wildman–Crippen MR) is 65.8 cm³/mol. The molecule has 92 valence electrons. The standard InChI is InChI=1S/C14H12F2N2/c1-3-7-18-9-11(8-17-18)12-6-5-10(4-2)13(15)14(12)16/h2,5-6,8-9H,3,7H2,1H3. The molecule has 0 saturated heterocycles. The number of halogens is 2. The predicted octanol–water partition coefficient (Wildman–Crippen LogP) is 3.22. The maximum Gasteiger partial charge on any atom is 0.175 e. The molecule has 0 aliphatic heterocycles. The molecule has 1 aromatic heterocycles. The molecule has 0 N–H and O–H groups in total. The summed E-state index contributed by atoms with van der Waals surface area (Å²) in [6, 6.07) is 2.87. The lowest BCUT2D eigenvalue weighted by atomic mass is 10.1. The van der Waals surface area contributed by atoms with Crippen molar-refractivity contribution in [3.63, 3.8) is 0 Å². The first-order chi connectivity index (χ1) is 8.67. The Balaban J connectivity index is 2.45. The van der Waals surface area contributed by atoms with E-state index in [0.717, 1.165) is 13.0 Å². The van der Waals surface area contributed by atoms with Crippen LogP contribution in [-0.2, 0) is 6.54 Å². The van der Waals surface area contributed by atoms with Crippen LogP contribution in [0.15, 0.2) is 24.5 Å². The van der Waals surface area contributed by atoms with Gasteiger partial charge in [-0.1, -0.05) is 12.8 Å². The Hall–Kier alpha value is -2.15. The zero-order chi connectivity index (χ0) is 13.1. The zero-order valence-electron chi connectivity index (χ0n) is 9.95. The molecule has 0 amide bonds. The van der Waals surface area contributed by atoms with Crippen LogP contribution in [0, 0.1) is 24.0 Å². The summed E-state index contributed by atoms with van der Waals surface area (Å²) in [4.78, 5) is 0. The number of terminal acetylenes is 1. The molecule has 2 aromatic rings. The van der Waals surface area contributed by atoms with Crippen molar-refractivity contribution in [3.8, 4) is 23.5 Å². The summed E-state index contributed by atoms with van der Waals surface area (Å²) in [6.45, 7) is 2.76. The van der Waals surface area contributed by atoms with Gasteiger partial charge in [0.1, 0.15) is 0 Å². The van der Waals surface area contributed by atoms with Crippen LogP contribution in [0.5, 0.6) is 0 Å². The van der Waals surface area contributed by atoms with Gasteiger partial charge >= 0.3 is 0 Å². The number of hydrogen-bond donors (Lipinski definition) is 0. The first-order valence-corrected chi connectivity index (χ1v) is 5.64. The Bertz CT molecular complexity index is 609. The number of aryl methyl sites for hydroxylation is 1. The number of hydrogen-bond acceptors (Lipinski definition) is 1. The highest BCUT2D eigenvalue weighted by Gasteiger charge is 2.14. The molecule has 0 spiro atoms. The molecule has 2 nitrogen and oxygen atoms in total. The first kappa shape index (κ1) is 12.3. The van der Waals surface area contributed by atoms with Crippen LogP contribution in [0.25, 0.3) is 11.1 Å². The van der Waals surface area contributed by atoms with E-state index in [2.05, 4.69) is 11.0 Å². The van der Waals surface area contributed by atoms with Crippen LogP contribution in [0.4, 0.5) is 8.78 Å². The Kier molecular flexibility index (Phi) is 3.42. The third-order valence-corrected chi connectivity index (χ3v) is 2.63. The van der Waals surface area contributed by atoms with Crippen molar-refractivity contribution < 1.29 is 8.78 Å². The van der Waals surface area contributed by atoms with E-state index < -0.39 is 11.6 Å². The average Bonchev–Trinajstić information content (AvgIpc) is 2.81. The van der Waals surface area contributed by atoms with E-state index >= 15 is 0 Å². The van der Waals surface area contributed by atoms with Gasteiger partial charge in [-0.25, -0.2) is 8.78 Å². The molecule has 1 aromatic carbocycles. The molecule has 0 aliphatic carbocycles. The van der Waals surface area contributed by atoms with E-state index in [9.17, 15) is 8.78 Å². The average molecular weight is 246 g/mol. The fourth-order valence-corrected chi connectivity index (χ4v) is 1.74. The second-order valence-corrected chi connectivity index (χ2v) is 3.93. The van der Waals surface area contributed by atoms with Crippen LogP contribution in [0.2, 0.25) is 0 Å². The van der Waals surface area contributed by atoms with Crippen molar-refractivity contribution in [2.75, 3.05) is 0 Å². The Labute approximate surface area is 104 Å². The van der Waals surface area contributed by atoms with Crippen LogP contribution in [0.1, 0.15) is 18.9 Å². The third-order valence-electron chi connectivity index (χ3n) is 2.63. The van der Waals surface area contributed by atoms with Crippen molar-refractivity contribution in [2.24, 2.45) is 0 Å². The van der Waals surface area contributed by atoms with E-state index in [4.69, 9.17) is 6.42 Å². The van der Waals surface area contributed by atoms with Gasteiger partial charge in [0.15, 0.2) is 11.6 Å². The number of benzene rings is 1. The molecule has 4 heteroatoms. The van der Waals surface area contributed by atoms with E-state index in [1.165, 1.54) is 18.3 Å². The smallest absolute Gasteiger partial charge is 0.175 e. The van der Waals surface area contributed by atoms with Gasteiger partial charge in [-0.2, -0.15) is 5.10 Å². The monoisotopic (exact) mass is 246 g/mol. The topological polar surface area (TPSA) is 17.8 Å². The zero-order valence-corrected chi connectivity index (χ0v) is 9.95. The highest BCUT2D eigenvalue weighted by atomic mass is 19.2. The van der Waals surface area contributed by atoms with Crippen molar-refractivity contribution in [3.05, 3.63) is 41.7 Å². The second kappa shape index (κ2) is 5.01. The molecule has 0 saturated carbocycles.